The number of hydrogen-bond donors (Lipinski definition) is 2. The largest absolute Gasteiger partial charge is 0.389 e. The van der Waals surface area contributed by atoms with E-state index >= 15 is 0 Å². The molecule has 17 heavy (non-hydrogen) atoms. The Morgan fingerprint density at radius 1 is 1.12 bits per heavy atom. The fourth-order valence-electron chi connectivity index (χ4n) is 1.42. The first-order valence-corrected chi connectivity index (χ1v) is 6.68. The number of rotatable bonds is 11. The van der Waals surface area contributed by atoms with Crippen LogP contribution in [0.1, 0.15) is 34.1 Å². The highest BCUT2D eigenvalue weighted by atomic mass is 16.5. The Kier molecular flexibility index (Phi) is 10.9. The Labute approximate surface area is 106 Å². The quantitative estimate of drug-likeness (QED) is 0.542. The van der Waals surface area contributed by atoms with Gasteiger partial charge in [-0.1, -0.05) is 20.3 Å². The summed E-state index contributed by atoms with van der Waals surface area (Å²) in [5.41, 5.74) is 0. The first-order chi connectivity index (χ1) is 8.11. The molecule has 3 atom stereocenters. The second-order valence-electron chi connectivity index (χ2n) is 4.51. The molecule has 4 nitrogen and oxygen atoms in total. The third-order valence-electron chi connectivity index (χ3n) is 3.06. The summed E-state index contributed by atoms with van der Waals surface area (Å²) in [6.07, 6.45) is 0.706. The van der Waals surface area contributed by atoms with Crippen LogP contribution in [0, 0.1) is 5.92 Å². The molecule has 4 heteroatoms. The second-order valence-corrected chi connectivity index (χ2v) is 4.51. The van der Waals surface area contributed by atoms with Crippen LogP contribution in [0.15, 0.2) is 0 Å². The predicted octanol–water partition coefficient (Wildman–Crippen LogP) is 1.42. The van der Waals surface area contributed by atoms with Crippen molar-refractivity contribution in [3.63, 3.8) is 0 Å². The van der Waals surface area contributed by atoms with Crippen molar-refractivity contribution in [1.82, 2.24) is 5.32 Å². The van der Waals surface area contributed by atoms with Gasteiger partial charge in [-0.15, -0.1) is 0 Å². The van der Waals surface area contributed by atoms with Crippen molar-refractivity contribution in [2.45, 2.75) is 46.3 Å². The van der Waals surface area contributed by atoms with Gasteiger partial charge in [0.1, 0.15) is 0 Å². The number of ether oxygens (including phenoxy) is 2. The lowest BCUT2D eigenvalue weighted by Crippen LogP contribution is -2.39. The van der Waals surface area contributed by atoms with Crippen molar-refractivity contribution >= 4 is 0 Å². The average Bonchev–Trinajstić information content (AvgIpc) is 2.34. The van der Waals surface area contributed by atoms with Gasteiger partial charge in [0.2, 0.25) is 0 Å². The molecule has 0 aromatic heterocycles. The molecule has 0 aliphatic rings. The SMILES string of the molecule is CCOCCOCC(O)CNC(C)C(C)CC. The first kappa shape index (κ1) is 16.8. The highest BCUT2D eigenvalue weighted by Gasteiger charge is 2.11. The summed E-state index contributed by atoms with van der Waals surface area (Å²) in [7, 11) is 0. The zero-order valence-electron chi connectivity index (χ0n) is 11.7. The number of hydrogen-bond acceptors (Lipinski definition) is 4. The molecule has 0 aliphatic carbocycles. The van der Waals surface area contributed by atoms with E-state index in [-0.39, 0.29) is 0 Å². The lowest BCUT2D eigenvalue weighted by Gasteiger charge is -2.21. The van der Waals surface area contributed by atoms with E-state index in [1.54, 1.807) is 0 Å². The first-order valence-electron chi connectivity index (χ1n) is 6.68. The summed E-state index contributed by atoms with van der Waals surface area (Å²) < 4.78 is 10.4. The minimum Gasteiger partial charge on any atom is -0.389 e. The molecule has 0 bridgehead atoms. The van der Waals surface area contributed by atoms with Gasteiger partial charge >= 0.3 is 0 Å². The number of nitrogens with one attached hydrogen (secondary N) is 1. The van der Waals surface area contributed by atoms with Crippen molar-refractivity contribution < 1.29 is 14.6 Å². The molecular weight excluding hydrogens is 218 g/mol. The van der Waals surface area contributed by atoms with Crippen LogP contribution in [-0.4, -0.2) is 50.2 Å². The van der Waals surface area contributed by atoms with E-state index in [0.29, 0.717) is 44.9 Å². The summed E-state index contributed by atoms with van der Waals surface area (Å²) in [6.45, 7) is 11.3. The molecule has 0 aliphatic heterocycles. The summed E-state index contributed by atoms with van der Waals surface area (Å²) in [4.78, 5) is 0. The van der Waals surface area contributed by atoms with E-state index in [2.05, 4.69) is 26.1 Å². The lowest BCUT2D eigenvalue weighted by atomic mass is 10.0. The van der Waals surface area contributed by atoms with Crippen LogP contribution in [0.3, 0.4) is 0 Å². The molecular formula is C13H29NO3. The highest BCUT2D eigenvalue weighted by molar-refractivity contribution is 4.69. The lowest BCUT2D eigenvalue weighted by molar-refractivity contribution is 0.00541. The van der Waals surface area contributed by atoms with E-state index in [4.69, 9.17) is 9.47 Å². The fraction of sp³-hybridized carbons (Fsp3) is 1.00. The maximum absolute atomic E-state index is 9.68. The van der Waals surface area contributed by atoms with Gasteiger partial charge in [0.25, 0.3) is 0 Å². The second kappa shape index (κ2) is 11.0. The Morgan fingerprint density at radius 3 is 2.35 bits per heavy atom. The van der Waals surface area contributed by atoms with Crippen molar-refractivity contribution in [2.75, 3.05) is 33.0 Å². The van der Waals surface area contributed by atoms with Crippen molar-refractivity contribution in [3.8, 4) is 0 Å². The molecule has 0 amide bonds. The third kappa shape index (κ3) is 9.53. The van der Waals surface area contributed by atoms with Gasteiger partial charge < -0.3 is 19.9 Å². The number of aliphatic hydroxyl groups excluding tert-OH is 1. The van der Waals surface area contributed by atoms with Gasteiger partial charge in [0, 0.05) is 19.2 Å². The van der Waals surface area contributed by atoms with Crippen LogP contribution in [0.5, 0.6) is 0 Å². The summed E-state index contributed by atoms with van der Waals surface area (Å²) in [5, 5.41) is 13.0. The standard InChI is InChI=1S/C13H29NO3/c1-5-11(3)12(4)14-9-13(15)10-17-8-7-16-6-2/h11-15H,5-10H2,1-4H3. The third-order valence-corrected chi connectivity index (χ3v) is 3.06. The van der Waals surface area contributed by atoms with Crippen molar-refractivity contribution in [3.05, 3.63) is 0 Å². The molecule has 0 spiro atoms. The van der Waals surface area contributed by atoms with E-state index in [9.17, 15) is 5.11 Å². The molecule has 0 rings (SSSR count). The number of aliphatic hydroxyl groups is 1. The molecule has 0 heterocycles. The average molecular weight is 247 g/mol. The Hall–Kier alpha value is -0.160. The topological polar surface area (TPSA) is 50.7 Å². The van der Waals surface area contributed by atoms with Crippen LogP contribution in [0.25, 0.3) is 0 Å². The highest BCUT2D eigenvalue weighted by Crippen LogP contribution is 2.06. The van der Waals surface area contributed by atoms with Crippen LogP contribution < -0.4 is 5.32 Å². The Balaban J connectivity index is 3.42. The Morgan fingerprint density at radius 2 is 1.76 bits per heavy atom. The van der Waals surface area contributed by atoms with Crippen LogP contribution >= 0.6 is 0 Å². The minimum absolute atomic E-state index is 0.368. The molecule has 3 unspecified atom stereocenters. The zero-order valence-corrected chi connectivity index (χ0v) is 11.7. The Bertz CT molecular complexity index is 167. The van der Waals surface area contributed by atoms with E-state index in [0.717, 1.165) is 6.42 Å². The van der Waals surface area contributed by atoms with Gasteiger partial charge in [-0.2, -0.15) is 0 Å². The zero-order chi connectivity index (χ0) is 13.1. The molecule has 104 valence electrons. The molecule has 0 saturated carbocycles. The fourth-order valence-corrected chi connectivity index (χ4v) is 1.42. The van der Waals surface area contributed by atoms with Crippen LogP contribution in [0.4, 0.5) is 0 Å². The summed E-state index contributed by atoms with van der Waals surface area (Å²) in [5.74, 6) is 0.626. The molecule has 0 saturated heterocycles. The van der Waals surface area contributed by atoms with E-state index in [1.807, 2.05) is 6.92 Å². The van der Waals surface area contributed by atoms with E-state index < -0.39 is 6.10 Å². The normalized spacial score (nSPS) is 16.8. The van der Waals surface area contributed by atoms with Gasteiger partial charge in [-0.25, -0.2) is 0 Å². The smallest absolute Gasteiger partial charge is 0.0897 e. The predicted molar refractivity (Wildman–Crippen MR) is 70.2 cm³/mol. The molecule has 2 N–H and O–H groups in total. The molecule has 0 aromatic carbocycles. The summed E-state index contributed by atoms with van der Waals surface area (Å²) >= 11 is 0. The molecule has 0 radical (unpaired) electrons. The van der Waals surface area contributed by atoms with Gasteiger partial charge in [0.15, 0.2) is 0 Å². The monoisotopic (exact) mass is 247 g/mol. The van der Waals surface area contributed by atoms with Crippen LogP contribution in [-0.2, 0) is 9.47 Å². The molecule has 0 fully saturated rings. The van der Waals surface area contributed by atoms with E-state index in [1.165, 1.54) is 0 Å². The minimum atomic E-state index is -0.442. The van der Waals surface area contributed by atoms with Crippen molar-refractivity contribution in [2.24, 2.45) is 5.92 Å². The van der Waals surface area contributed by atoms with Crippen LogP contribution in [0.2, 0.25) is 0 Å². The van der Waals surface area contributed by atoms with Gasteiger partial charge in [-0.05, 0) is 19.8 Å². The van der Waals surface area contributed by atoms with Crippen molar-refractivity contribution in [1.29, 1.82) is 0 Å². The van der Waals surface area contributed by atoms with Gasteiger partial charge in [-0.3, -0.25) is 0 Å². The molecule has 0 aromatic rings. The summed E-state index contributed by atoms with van der Waals surface area (Å²) in [6, 6.07) is 0.429. The maximum atomic E-state index is 9.68. The van der Waals surface area contributed by atoms with Gasteiger partial charge in [0.05, 0.1) is 25.9 Å². The maximum Gasteiger partial charge on any atom is 0.0897 e.